The van der Waals surface area contributed by atoms with E-state index in [2.05, 4.69) is 9.97 Å². The van der Waals surface area contributed by atoms with Crippen LogP contribution >= 0.6 is 0 Å². The molecule has 6 nitrogen and oxygen atoms in total. The third-order valence-electron chi connectivity index (χ3n) is 4.41. The van der Waals surface area contributed by atoms with Crippen LogP contribution in [0.1, 0.15) is 30.0 Å². The lowest BCUT2D eigenvalue weighted by molar-refractivity contribution is -0.137. The molecule has 0 unspecified atom stereocenters. The molecule has 0 saturated heterocycles. The van der Waals surface area contributed by atoms with Crippen LogP contribution in [0.4, 0.5) is 19.0 Å². The first-order chi connectivity index (χ1) is 14.8. The molecule has 0 aliphatic heterocycles. The lowest BCUT2D eigenvalue weighted by Gasteiger charge is -2.14. The second-order valence-corrected chi connectivity index (χ2v) is 6.50. The van der Waals surface area contributed by atoms with E-state index in [0.717, 1.165) is 18.6 Å². The fourth-order valence-corrected chi connectivity index (χ4v) is 2.96. The lowest BCUT2D eigenvalue weighted by Crippen LogP contribution is -2.06. The Morgan fingerprint density at radius 3 is 2.16 bits per heavy atom. The minimum absolute atomic E-state index is 0.00883. The van der Waals surface area contributed by atoms with Crippen molar-refractivity contribution < 1.29 is 17.9 Å². The monoisotopic (exact) mass is 423 g/mol. The van der Waals surface area contributed by atoms with Crippen molar-refractivity contribution in [3.8, 4) is 40.4 Å². The standard InChI is InChI=1S/C22H16F3N5O/c1-2-9-31-18-8-5-14(12-29-18)20-16(10-26)19(17(11-27)21(28)30-20)13-3-6-15(7-4-13)22(23,24)25/h3-8,12H,2,9H2,1H3,(H2,28,30). The first-order valence-corrected chi connectivity index (χ1v) is 9.20. The summed E-state index contributed by atoms with van der Waals surface area (Å²) in [4.78, 5) is 8.37. The Morgan fingerprint density at radius 2 is 1.65 bits per heavy atom. The van der Waals surface area contributed by atoms with E-state index in [4.69, 9.17) is 10.5 Å². The van der Waals surface area contributed by atoms with E-state index in [1.54, 1.807) is 12.1 Å². The van der Waals surface area contributed by atoms with Crippen LogP contribution in [0.15, 0.2) is 42.6 Å². The van der Waals surface area contributed by atoms with E-state index < -0.39 is 11.7 Å². The molecule has 156 valence electrons. The third kappa shape index (κ3) is 4.41. The molecule has 2 aromatic heterocycles. The van der Waals surface area contributed by atoms with E-state index >= 15 is 0 Å². The van der Waals surface area contributed by atoms with Crippen LogP contribution in [0.2, 0.25) is 0 Å². The van der Waals surface area contributed by atoms with E-state index in [1.807, 2.05) is 19.1 Å². The van der Waals surface area contributed by atoms with Crippen molar-refractivity contribution in [2.75, 3.05) is 12.3 Å². The summed E-state index contributed by atoms with van der Waals surface area (Å²) in [6.07, 6.45) is -2.24. The maximum atomic E-state index is 12.9. The number of anilines is 1. The van der Waals surface area contributed by atoms with Crippen LogP contribution in [0.5, 0.6) is 5.88 Å². The normalized spacial score (nSPS) is 10.9. The highest BCUT2D eigenvalue weighted by molar-refractivity contribution is 5.87. The molecule has 0 atom stereocenters. The minimum Gasteiger partial charge on any atom is -0.478 e. The predicted molar refractivity (Wildman–Crippen MR) is 108 cm³/mol. The van der Waals surface area contributed by atoms with Gasteiger partial charge >= 0.3 is 6.18 Å². The van der Waals surface area contributed by atoms with Gasteiger partial charge in [0.15, 0.2) is 0 Å². The largest absolute Gasteiger partial charge is 0.478 e. The fraction of sp³-hybridized carbons (Fsp3) is 0.182. The highest BCUT2D eigenvalue weighted by Gasteiger charge is 2.30. The van der Waals surface area contributed by atoms with Crippen LogP contribution in [0.3, 0.4) is 0 Å². The summed E-state index contributed by atoms with van der Waals surface area (Å²) in [5, 5.41) is 19.4. The summed E-state index contributed by atoms with van der Waals surface area (Å²) in [5.74, 6) is 0.256. The number of rotatable bonds is 5. The van der Waals surface area contributed by atoms with Gasteiger partial charge in [-0.25, -0.2) is 9.97 Å². The molecule has 3 rings (SSSR count). The highest BCUT2D eigenvalue weighted by Crippen LogP contribution is 2.37. The molecule has 2 heterocycles. The van der Waals surface area contributed by atoms with E-state index in [-0.39, 0.29) is 33.8 Å². The Morgan fingerprint density at radius 1 is 1.00 bits per heavy atom. The van der Waals surface area contributed by atoms with Gasteiger partial charge in [0.1, 0.15) is 23.5 Å². The molecule has 0 radical (unpaired) electrons. The average Bonchev–Trinajstić information content (AvgIpc) is 2.76. The number of ether oxygens (including phenoxy) is 1. The minimum atomic E-state index is -4.51. The molecule has 0 aliphatic carbocycles. The van der Waals surface area contributed by atoms with Gasteiger partial charge in [-0.15, -0.1) is 0 Å². The zero-order valence-corrected chi connectivity index (χ0v) is 16.4. The number of pyridine rings is 2. The molecular formula is C22H16F3N5O. The zero-order chi connectivity index (χ0) is 22.6. The molecule has 0 fully saturated rings. The number of aromatic nitrogens is 2. The van der Waals surface area contributed by atoms with E-state index in [9.17, 15) is 23.7 Å². The van der Waals surface area contributed by atoms with Crippen LogP contribution in [0, 0.1) is 22.7 Å². The van der Waals surface area contributed by atoms with Gasteiger partial charge in [0.05, 0.1) is 23.4 Å². The van der Waals surface area contributed by atoms with Gasteiger partial charge < -0.3 is 10.5 Å². The van der Waals surface area contributed by atoms with Crippen LogP contribution in [-0.2, 0) is 6.18 Å². The van der Waals surface area contributed by atoms with Crippen molar-refractivity contribution >= 4 is 5.82 Å². The Bertz CT molecular complexity index is 1170. The second kappa shape index (κ2) is 8.72. The number of halogens is 3. The van der Waals surface area contributed by atoms with Gasteiger partial charge in [0, 0.05) is 23.4 Å². The number of nitrogen functional groups attached to an aromatic ring is 1. The van der Waals surface area contributed by atoms with Crippen LogP contribution < -0.4 is 10.5 Å². The quantitative estimate of drug-likeness (QED) is 0.622. The molecular weight excluding hydrogens is 407 g/mol. The van der Waals surface area contributed by atoms with Crippen LogP contribution in [0.25, 0.3) is 22.4 Å². The third-order valence-corrected chi connectivity index (χ3v) is 4.41. The molecule has 31 heavy (non-hydrogen) atoms. The number of benzene rings is 1. The summed E-state index contributed by atoms with van der Waals surface area (Å²) in [5.41, 5.74) is 6.01. The van der Waals surface area contributed by atoms with Crippen molar-refractivity contribution in [3.63, 3.8) is 0 Å². The van der Waals surface area contributed by atoms with Crippen molar-refractivity contribution in [3.05, 3.63) is 59.3 Å². The molecule has 0 spiro atoms. The fourth-order valence-electron chi connectivity index (χ4n) is 2.96. The summed E-state index contributed by atoms with van der Waals surface area (Å²) >= 11 is 0. The Labute approximate surface area is 176 Å². The molecule has 0 amide bonds. The summed E-state index contributed by atoms with van der Waals surface area (Å²) in [7, 11) is 0. The topological polar surface area (TPSA) is 109 Å². The molecule has 0 saturated carbocycles. The average molecular weight is 423 g/mol. The van der Waals surface area contributed by atoms with Crippen molar-refractivity contribution in [1.29, 1.82) is 10.5 Å². The Hall–Kier alpha value is -4.11. The summed E-state index contributed by atoms with van der Waals surface area (Å²) in [6, 6.07) is 11.3. The second-order valence-electron chi connectivity index (χ2n) is 6.50. The molecule has 3 aromatic rings. The number of alkyl halides is 3. The SMILES string of the molecule is CCCOc1ccc(-c2nc(N)c(C#N)c(-c3ccc(C(F)(F)F)cc3)c2C#N)cn1. The zero-order valence-electron chi connectivity index (χ0n) is 16.4. The molecule has 9 heteroatoms. The van der Waals surface area contributed by atoms with Crippen molar-refractivity contribution in [2.24, 2.45) is 0 Å². The first kappa shape index (κ1) is 21.6. The highest BCUT2D eigenvalue weighted by atomic mass is 19.4. The van der Waals surface area contributed by atoms with Gasteiger partial charge in [0.2, 0.25) is 5.88 Å². The number of hydrogen-bond acceptors (Lipinski definition) is 6. The molecule has 2 N–H and O–H groups in total. The summed E-state index contributed by atoms with van der Waals surface area (Å²) in [6.45, 7) is 2.45. The Balaban J connectivity index is 2.17. The molecule has 1 aromatic carbocycles. The lowest BCUT2D eigenvalue weighted by atomic mass is 9.92. The maximum absolute atomic E-state index is 12.9. The number of nitrogens with two attached hydrogens (primary N) is 1. The molecule has 0 aliphatic rings. The van der Waals surface area contributed by atoms with Gasteiger partial charge in [-0.3, -0.25) is 0 Å². The molecule has 0 bridgehead atoms. The van der Waals surface area contributed by atoms with Gasteiger partial charge in [-0.1, -0.05) is 19.1 Å². The number of nitriles is 2. The van der Waals surface area contributed by atoms with Gasteiger partial charge in [-0.05, 0) is 30.2 Å². The smallest absolute Gasteiger partial charge is 0.416 e. The van der Waals surface area contributed by atoms with Gasteiger partial charge in [0.25, 0.3) is 0 Å². The van der Waals surface area contributed by atoms with E-state index in [0.29, 0.717) is 18.1 Å². The summed E-state index contributed by atoms with van der Waals surface area (Å²) < 4.78 is 44.2. The number of hydrogen-bond donors (Lipinski definition) is 1. The number of nitrogens with zero attached hydrogens (tertiary/aromatic N) is 4. The van der Waals surface area contributed by atoms with Crippen LogP contribution in [-0.4, -0.2) is 16.6 Å². The van der Waals surface area contributed by atoms with Gasteiger partial charge in [-0.2, -0.15) is 23.7 Å². The van der Waals surface area contributed by atoms with E-state index in [1.165, 1.54) is 18.3 Å². The first-order valence-electron chi connectivity index (χ1n) is 9.20. The Kier molecular flexibility index (Phi) is 6.07. The maximum Gasteiger partial charge on any atom is 0.416 e. The predicted octanol–water partition coefficient (Wildman–Crippen LogP) is 4.94. The van der Waals surface area contributed by atoms with Crippen molar-refractivity contribution in [2.45, 2.75) is 19.5 Å². The van der Waals surface area contributed by atoms with Crippen molar-refractivity contribution in [1.82, 2.24) is 9.97 Å².